The number of likely N-dealkylation sites (tertiary alicyclic amines) is 1. The highest BCUT2D eigenvalue weighted by Crippen LogP contribution is 2.24. The molecule has 2 rings (SSSR count). The number of hydrogen-bond acceptors (Lipinski definition) is 5. The van der Waals surface area contributed by atoms with Crippen LogP contribution in [0.15, 0.2) is 18.3 Å². The fraction of sp³-hybridized carbons (Fsp3) is 0.562. The summed E-state index contributed by atoms with van der Waals surface area (Å²) in [5.74, 6) is -1.06. The lowest BCUT2D eigenvalue weighted by Gasteiger charge is -2.35. The first kappa shape index (κ1) is 17.2. The molecule has 1 atom stereocenters. The average Bonchev–Trinajstić information content (AvgIpc) is 2.55. The smallest absolute Gasteiger partial charge is 0.335 e. The number of ether oxygens (including phenoxy) is 1. The predicted molar refractivity (Wildman–Crippen MR) is 82.3 cm³/mol. The Balaban J connectivity index is 2.04. The normalized spacial score (nSPS) is 18.3. The number of carbonyl (C=O) groups is 2. The number of carbonyl (C=O) groups excluding carboxylic acids is 1. The van der Waals surface area contributed by atoms with Crippen LogP contribution in [0.4, 0.5) is 0 Å². The van der Waals surface area contributed by atoms with Crippen LogP contribution < -0.4 is 4.74 Å². The van der Waals surface area contributed by atoms with E-state index in [1.54, 1.807) is 17.0 Å². The first-order chi connectivity index (χ1) is 10.9. The number of pyridine rings is 1. The van der Waals surface area contributed by atoms with Crippen LogP contribution in [0.2, 0.25) is 0 Å². The third-order valence-electron chi connectivity index (χ3n) is 4.15. The van der Waals surface area contributed by atoms with Crippen molar-refractivity contribution in [3.8, 4) is 5.88 Å². The Morgan fingerprint density at radius 2 is 2.09 bits per heavy atom. The number of carboxylic acids is 1. The first-order valence-electron chi connectivity index (χ1n) is 7.73. The van der Waals surface area contributed by atoms with Gasteiger partial charge in [-0.15, -0.1) is 0 Å². The molecule has 0 aromatic carbocycles. The standard InChI is InChI=1S/C16H22N2O5/c1-3-11(2)23-13-10-12(4-7-17-13)14(19)18-8-5-16(22,6-9-18)15(20)21/h4,7,10-11,22H,3,5-6,8-9H2,1-2H3,(H,20,21). The van der Waals surface area contributed by atoms with Crippen molar-refractivity contribution in [2.45, 2.75) is 44.8 Å². The predicted octanol–water partition coefficient (Wildman–Crippen LogP) is 1.31. The van der Waals surface area contributed by atoms with Crippen molar-refractivity contribution in [2.24, 2.45) is 0 Å². The van der Waals surface area contributed by atoms with Crippen molar-refractivity contribution in [2.75, 3.05) is 13.1 Å². The molecule has 0 bridgehead atoms. The molecule has 1 unspecified atom stereocenters. The lowest BCUT2D eigenvalue weighted by Crippen LogP contribution is -2.50. The molecule has 1 aromatic heterocycles. The summed E-state index contributed by atoms with van der Waals surface area (Å²) < 4.78 is 5.61. The van der Waals surface area contributed by atoms with Gasteiger partial charge >= 0.3 is 5.97 Å². The van der Waals surface area contributed by atoms with Gasteiger partial charge in [0.05, 0.1) is 6.10 Å². The summed E-state index contributed by atoms with van der Waals surface area (Å²) in [5, 5.41) is 18.9. The largest absolute Gasteiger partial charge is 0.479 e. The third kappa shape index (κ3) is 3.98. The summed E-state index contributed by atoms with van der Waals surface area (Å²) in [6.45, 7) is 4.32. The number of piperidine rings is 1. The maximum Gasteiger partial charge on any atom is 0.335 e. The zero-order valence-corrected chi connectivity index (χ0v) is 13.4. The van der Waals surface area contributed by atoms with Gasteiger partial charge in [0, 0.05) is 43.8 Å². The maximum absolute atomic E-state index is 12.5. The number of nitrogens with zero attached hydrogens (tertiary/aromatic N) is 2. The van der Waals surface area contributed by atoms with Crippen LogP contribution in [0.25, 0.3) is 0 Å². The molecule has 1 aliphatic rings. The van der Waals surface area contributed by atoms with Gasteiger partial charge in [0.15, 0.2) is 5.60 Å². The molecule has 0 aliphatic carbocycles. The van der Waals surface area contributed by atoms with Crippen LogP contribution >= 0.6 is 0 Å². The minimum absolute atomic E-state index is 0.00779. The summed E-state index contributed by atoms with van der Waals surface area (Å²) in [6.07, 6.45) is 2.40. The Labute approximate surface area is 134 Å². The average molecular weight is 322 g/mol. The van der Waals surface area contributed by atoms with E-state index in [0.717, 1.165) is 6.42 Å². The van der Waals surface area contributed by atoms with Crippen molar-refractivity contribution in [1.82, 2.24) is 9.88 Å². The molecule has 1 aliphatic heterocycles. The van der Waals surface area contributed by atoms with E-state index < -0.39 is 11.6 Å². The Morgan fingerprint density at radius 3 is 2.65 bits per heavy atom. The molecule has 1 saturated heterocycles. The quantitative estimate of drug-likeness (QED) is 0.848. The minimum Gasteiger partial charge on any atom is -0.479 e. The molecule has 23 heavy (non-hydrogen) atoms. The van der Waals surface area contributed by atoms with Gasteiger partial charge in [-0.1, -0.05) is 6.92 Å². The van der Waals surface area contributed by atoms with Crippen molar-refractivity contribution < 1.29 is 24.5 Å². The maximum atomic E-state index is 12.5. The molecule has 7 heteroatoms. The van der Waals surface area contributed by atoms with Gasteiger partial charge in [0.25, 0.3) is 5.91 Å². The highest BCUT2D eigenvalue weighted by Gasteiger charge is 2.40. The Kier molecular flexibility index (Phi) is 5.20. The number of aliphatic hydroxyl groups is 1. The highest BCUT2D eigenvalue weighted by molar-refractivity contribution is 5.94. The van der Waals surface area contributed by atoms with Gasteiger partial charge in [0.1, 0.15) is 0 Å². The number of amides is 1. The lowest BCUT2D eigenvalue weighted by molar-refractivity contribution is -0.162. The van der Waals surface area contributed by atoms with E-state index in [4.69, 9.17) is 9.84 Å². The molecule has 7 nitrogen and oxygen atoms in total. The summed E-state index contributed by atoms with van der Waals surface area (Å²) in [7, 11) is 0. The fourth-order valence-electron chi connectivity index (χ4n) is 2.37. The number of hydrogen-bond donors (Lipinski definition) is 2. The summed E-state index contributed by atoms with van der Waals surface area (Å²) in [4.78, 5) is 29.2. The van der Waals surface area contributed by atoms with Gasteiger partial charge in [-0.05, 0) is 19.4 Å². The van der Waals surface area contributed by atoms with E-state index in [2.05, 4.69) is 4.98 Å². The van der Waals surface area contributed by atoms with E-state index in [9.17, 15) is 14.7 Å². The molecule has 0 saturated carbocycles. The van der Waals surface area contributed by atoms with Gasteiger partial charge < -0.3 is 19.8 Å². The van der Waals surface area contributed by atoms with Crippen molar-refractivity contribution in [3.63, 3.8) is 0 Å². The number of rotatable bonds is 5. The summed E-state index contributed by atoms with van der Waals surface area (Å²) in [5.41, 5.74) is -1.29. The fourth-order valence-corrected chi connectivity index (χ4v) is 2.37. The zero-order valence-electron chi connectivity index (χ0n) is 13.4. The van der Waals surface area contributed by atoms with E-state index in [1.807, 2.05) is 13.8 Å². The Hall–Kier alpha value is -2.15. The molecule has 1 fully saturated rings. The van der Waals surface area contributed by atoms with E-state index in [0.29, 0.717) is 11.4 Å². The van der Waals surface area contributed by atoms with Crippen LogP contribution in [0.3, 0.4) is 0 Å². The second-order valence-electron chi connectivity index (χ2n) is 5.85. The van der Waals surface area contributed by atoms with Gasteiger partial charge in [-0.2, -0.15) is 0 Å². The number of aliphatic carboxylic acids is 1. The molecule has 1 aromatic rings. The van der Waals surface area contributed by atoms with Crippen LogP contribution in [-0.4, -0.2) is 56.8 Å². The molecular weight excluding hydrogens is 300 g/mol. The van der Waals surface area contributed by atoms with Crippen molar-refractivity contribution >= 4 is 11.9 Å². The second kappa shape index (κ2) is 6.95. The summed E-state index contributed by atoms with van der Waals surface area (Å²) >= 11 is 0. The van der Waals surface area contributed by atoms with Crippen LogP contribution in [-0.2, 0) is 4.79 Å². The van der Waals surface area contributed by atoms with Gasteiger partial charge in [0.2, 0.25) is 5.88 Å². The van der Waals surface area contributed by atoms with Crippen molar-refractivity contribution in [3.05, 3.63) is 23.9 Å². The number of aromatic nitrogens is 1. The first-order valence-corrected chi connectivity index (χ1v) is 7.73. The molecular formula is C16H22N2O5. The minimum atomic E-state index is -1.74. The number of carboxylic acid groups (broad SMARTS) is 1. The molecule has 0 radical (unpaired) electrons. The molecule has 2 N–H and O–H groups in total. The third-order valence-corrected chi connectivity index (χ3v) is 4.15. The van der Waals surface area contributed by atoms with Crippen LogP contribution in [0.5, 0.6) is 5.88 Å². The summed E-state index contributed by atoms with van der Waals surface area (Å²) in [6, 6.07) is 3.19. The Bertz CT molecular complexity index is 582. The highest BCUT2D eigenvalue weighted by atomic mass is 16.5. The molecule has 1 amide bonds. The lowest BCUT2D eigenvalue weighted by atomic mass is 9.91. The second-order valence-corrected chi connectivity index (χ2v) is 5.85. The monoisotopic (exact) mass is 322 g/mol. The topological polar surface area (TPSA) is 100.0 Å². The SMILES string of the molecule is CCC(C)Oc1cc(C(=O)N2CCC(O)(C(=O)O)CC2)ccn1. The van der Waals surface area contributed by atoms with E-state index in [-0.39, 0.29) is 37.9 Å². The molecule has 126 valence electrons. The van der Waals surface area contributed by atoms with Gasteiger partial charge in [-0.3, -0.25) is 4.79 Å². The zero-order chi connectivity index (χ0) is 17.0. The van der Waals surface area contributed by atoms with Crippen LogP contribution in [0, 0.1) is 0 Å². The van der Waals surface area contributed by atoms with Gasteiger partial charge in [-0.25, -0.2) is 9.78 Å². The van der Waals surface area contributed by atoms with E-state index >= 15 is 0 Å². The molecule has 2 heterocycles. The van der Waals surface area contributed by atoms with E-state index in [1.165, 1.54) is 6.20 Å². The van der Waals surface area contributed by atoms with Crippen LogP contribution in [0.1, 0.15) is 43.5 Å². The molecule has 0 spiro atoms. The Morgan fingerprint density at radius 1 is 1.43 bits per heavy atom. The van der Waals surface area contributed by atoms with Crippen molar-refractivity contribution in [1.29, 1.82) is 0 Å².